The first-order chi connectivity index (χ1) is 30.4. The van der Waals surface area contributed by atoms with Gasteiger partial charge in [-0.15, -0.1) is 0 Å². The van der Waals surface area contributed by atoms with Crippen LogP contribution in [0.2, 0.25) is 0 Å². The molecule has 62 heavy (non-hydrogen) atoms. The molecule has 0 saturated heterocycles. The van der Waals surface area contributed by atoms with Crippen LogP contribution in [0.4, 0.5) is 0 Å². The molecule has 0 spiro atoms. The zero-order valence-corrected chi connectivity index (χ0v) is 34.9. The van der Waals surface area contributed by atoms with Crippen LogP contribution < -0.4 is 10.9 Å². The van der Waals surface area contributed by atoms with E-state index < -0.39 is 14.2 Å². The van der Waals surface area contributed by atoms with Crippen LogP contribution in [0.5, 0.6) is 0 Å². The summed E-state index contributed by atoms with van der Waals surface area (Å²) in [6.45, 7) is 4.44. The average Bonchev–Trinajstić information content (AvgIpc) is 3.29. The molecule has 4 N–H and O–H groups in total. The van der Waals surface area contributed by atoms with Crippen LogP contribution in [-0.4, -0.2) is 57.2 Å². The summed E-state index contributed by atoms with van der Waals surface area (Å²) in [5.41, 5.74) is 5.50. The molecule has 0 aliphatic heterocycles. The van der Waals surface area contributed by atoms with E-state index >= 15 is 0 Å². The highest BCUT2D eigenvalue weighted by atomic mass is 16.4. The number of benzene rings is 10. The molecule has 0 aliphatic rings. The van der Waals surface area contributed by atoms with Crippen LogP contribution in [0, 0.1) is 0 Å². The summed E-state index contributed by atoms with van der Waals surface area (Å²) < 4.78 is 0. The van der Waals surface area contributed by atoms with E-state index in [9.17, 15) is 20.1 Å². The molecular weight excluding hydrogens is 762 g/mol. The van der Waals surface area contributed by atoms with Crippen LogP contribution in [0.15, 0.2) is 158 Å². The van der Waals surface area contributed by atoms with Gasteiger partial charge in [-0.05, 0) is 124 Å². The zero-order chi connectivity index (χ0) is 42.2. The van der Waals surface area contributed by atoms with E-state index in [4.69, 9.17) is 0 Å². The molecule has 10 aromatic rings. The molecular formula is C54H50B2N2O4. The van der Waals surface area contributed by atoms with Gasteiger partial charge in [0.2, 0.25) is 0 Å². The van der Waals surface area contributed by atoms with Crippen LogP contribution in [0.3, 0.4) is 0 Å². The number of unbranched alkanes of at least 4 members (excludes halogenated alkanes) is 3. The van der Waals surface area contributed by atoms with Gasteiger partial charge in [0.05, 0.1) is 0 Å². The Labute approximate surface area is 363 Å². The summed E-state index contributed by atoms with van der Waals surface area (Å²) in [5.74, 6) is 0. The zero-order valence-electron chi connectivity index (χ0n) is 34.9. The van der Waals surface area contributed by atoms with Crippen molar-refractivity contribution in [3.8, 4) is 0 Å². The minimum absolute atomic E-state index is 0.549. The van der Waals surface area contributed by atoms with Gasteiger partial charge in [-0.1, -0.05) is 171 Å². The minimum Gasteiger partial charge on any atom is -0.423 e. The second-order valence-electron chi connectivity index (χ2n) is 17.1. The maximum absolute atomic E-state index is 10.3. The minimum atomic E-state index is -1.53. The molecule has 0 radical (unpaired) electrons. The fourth-order valence-electron chi connectivity index (χ4n) is 10.1. The Balaban J connectivity index is 0.871. The van der Waals surface area contributed by atoms with Gasteiger partial charge in [-0.3, -0.25) is 9.80 Å². The van der Waals surface area contributed by atoms with E-state index in [-0.39, 0.29) is 0 Å². The summed E-state index contributed by atoms with van der Waals surface area (Å²) in [6.07, 6.45) is 4.12. The molecule has 0 unspecified atom stereocenters. The summed E-state index contributed by atoms with van der Waals surface area (Å²) in [5, 5.41) is 56.4. The Morgan fingerprint density at radius 1 is 0.306 bits per heavy atom. The molecule has 0 atom stereocenters. The van der Waals surface area contributed by atoms with Crippen molar-refractivity contribution >= 4 is 89.8 Å². The third-order valence-electron chi connectivity index (χ3n) is 13.2. The topological polar surface area (TPSA) is 87.4 Å². The van der Waals surface area contributed by atoms with Crippen LogP contribution in [0.1, 0.15) is 47.9 Å². The molecule has 0 heterocycles. The van der Waals surface area contributed by atoms with E-state index in [0.717, 1.165) is 63.0 Å². The predicted molar refractivity (Wildman–Crippen MR) is 260 cm³/mol. The predicted octanol–water partition coefficient (Wildman–Crippen LogP) is 9.11. The van der Waals surface area contributed by atoms with E-state index in [1.54, 1.807) is 0 Å². The highest BCUT2D eigenvalue weighted by molar-refractivity contribution is 6.59. The average molecular weight is 813 g/mol. The summed E-state index contributed by atoms with van der Waals surface area (Å²) in [7, 11) is -3.06. The number of hydrogen-bond acceptors (Lipinski definition) is 6. The maximum Gasteiger partial charge on any atom is 0.488 e. The van der Waals surface area contributed by atoms with Gasteiger partial charge < -0.3 is 20.1 Å². The van der Waals surface area contributed by atoms with Gasteiger partial charge in [0, 0.05) is 26.2 Å². The van der Waals surface area contributed by atoms with Crippen LogP contribution in [0.25, 0.3) is 64.6 Å². The van der Waals surface area contributed by atoms with Gasteiger partial charge in [-0.2, -0.15) is 0 Å². The highest BCUT2D eigenvalue weighted by Gasteiger charge is 2.21. The Kier molecular flexibility index (Phi) is 11.4. The fraction of sp³-hybridized carbons (Fsp3) is 0.185. The molecule has 0 fully saturated rings. The van der Waals surface area contributed by atoms with Crippen LogP contribution >= 0.6 is 0 Å². The lowest BCUT2D eigenvalue weighted by molar-refractivity contribution is 0.240. The number of rotatable bonds is 17. The molecule has 10 rings (SSSR count). The second-order valence-corrected chi connectivity index (χ2v) is 17.1. The van der Waals surface area contributed by atoms with Crippen molar-refractivity contribution in [1.29, 1.82) is 0 Å². The lowest BCUT2D eigenvalue weighted by atomic mass is 9.77. The van der Waals surface area contributed by atoms with E-state index in [1.165, 1.54) is 75.8 Å². The first-order valence-corrected chi connectivity index (χ1v) is 22.0. The molecule has 0 bridgehead atoms. The first-order valence-electron chi connectivity index (χ1n) is 22.0. The molecule has 6 nitrogen and oxygen atoms in total. The third kappa shape index (κ3) is 7.91. The van der Waals surface area contributed by atoms with Gasteiger partial charge in [0.1, 0.15) is 0 Å². The standard InChI is InChI=1S/C54H50B2N2O4/c59-55(60)49-17-5-3-11-45(49)35-57(33-43-25-23-41-21-19-37-13-9-15-39-27-29-47(43)53(41)51(37)39)31-7-1-2-8-32-58(36-46-12-4-6-18-50(46)56(61)62)34-44-26-24-42-22-20-38-14-10-16-40-28-30-48(44)54(42)52(38)40/h3-6,9-30,59-62H,1-2,7-8,31-36H2. The van der Waals surface area contributed by atoms with Crippen molar-refractivity contribution in [1.82, 2.24) is 9.80 Å². The van der Waals surface area contributed by atoms with Crippen molar-refractivity contribution in [2.75, 3.05) is 13.1 Å². The Bertz CT molecular complexity index is 2910. The van der Waals surface area contributed by atoms with Crippen molar-refractivity contribution in [2.45, 2.75) is 51.9 Å². The van der Waals surface area contributed by atoms with Gasteiger partial charge in [-0.25, -0.2) is 0 Å². The van der Waals surface area contributed by atoms with Crippen LogP contribution in [-0.2, 0) is 26.2 Å². The normalized spacial score (nSPS) is 12.2. The lowest BCUT2D eigenvalue weighted by Crippen LogP contribution is -2.36. The highest BCUT2D eigenvalue weighted by Crippen LogP contribution is 2.38. The number of hydrogen-bond donors (Lipinski definition) is 4. The summed E-state index contributed by atoms with van der Waals surface area (Å²) >= 11 is 0. The van der Waals surface area contributed by atoms with E-state index in [1.807, 2.05) is 48.5 Å². The first kappa shape index (κ1) is 40.3. The monoisotopic (exact) mass is 812 g/mol. The molecule has 306 valence electrons. The summed E-state index contributed by atoms with van der Waals surface area (Å²) in [4.78, 5) is 4.93. The molecule has 0 aliphatic carbocycles. The smallest absolute Gasteiger partial charge is 0.423 e. The van der Waals surface area contributed by atoms with E-state index in [2.05, 4.69) is 119 Å². The van der Waals surface area contributed by atoms with Crippen molar-refractivity contribution in [3.63, 3.8) is 0 Å². The van der Waals surface area contributed by atoms with Gasteiger partial charge >= 0.3 is 14.2 Å². The Morgan fingerprint density at radius 2 is 0.645 bits per heavy atom. The lowest BCUT2D eigenvalue weighted by Gasteiger charge is -2.26. The Hall–Kier alpha value is -5.83. The van der Waals surface area contributed by atoms with Crippen molar-refractivity contribution in [2.24, 2.45) is 0 Å². The van der Waals surface area contributed by atoms with Crippen molar-refractivity contribution in [3.05, 3.63) is 180 Å². The van der Waals surface area contributed by atoms with Gasteiger partial charge in [0.25, 0.3) is 0 Å². The molecule has 10 aromatic carbocycles. The van der Waals surface area contributed by atoms with Crippen molar-refractivity contribution < 1.29 is 20.1 Å². The second kappa shape index (κ2) is 17.5. The summed E-state index contributed by atoms with van der Waals surface area (Å²) in [6, 6.07) is 55.3. The molecule has 0 aromatic heterocycles. The molecule has 0 amide bonds. The fourth-order valence-corrected chi connectivity index (χ4v) is 10.1. The quantitative estimate of drug-likeness (QED) is 0.0417. The van der Waals surface area contributed by atoms with Gasteiger partial charge in [0.15, 0.2) is 0 Å². The number of nitrogens with zero attached hydrogens (tertiary/aromatic N) is 2. The Morgan fingerprint density at radius 3 is 1.05 bits per heavy atom. The van der Waals surface area contributed by atoms with E-state index in [0.29, 0.717) is 24.0 Å². The third-order valence-corrected chi connectivity index (χ3v) is 13.2. The molecule has 0 saturated carbocycles. The SMILES string of the molecule is OB(O)c1ccccc1CN(CCCCCCN(Cc1ccccc1B(O)O)Cc1ccc2ccc3cccc4ccc1c2c34)Cc1ccc2ccc3cccc4ccc1c2c34. The largest absolute Gasteiger partial charge is 0.488 e. The molecule has 8 heteroatoms. The maximum atomic E-state index is 10.3.